The zero-order chi connectivity index (χ0) is 33.7. The number of amides is 2. The molecule has 0 spiro atoms. The largest absolute Gasteiger partial charge is 0.573 e. The Morgan fingerprint density at radius 2 is 1.63 bits per heavy atom. The van der Waals surface area contributed by atoms with Crippen molar-refractivity contribution in [1.29, 1.82) is 0 Å². The third-order valence-electron chi connectivity index (χ3n) is 8.19. The molecule has 1 aliphatic heterocycles. The molecule has 0 radical (unpaired) electrons. The molecule has 1 unspecified atom stereocenters. The Hall–Kier alpha value is -4.01. The smallest absolute Gasteiger partial charge is 0.497 e. The van der Waals surface area contributed by atoms with Gasteiger partial charge in [-0.25, -0.2) is 12.7 Å². The molecule has 1 heterocycles. The molecule has 2 aliphatic rings. The molecule has 1 aliphatic carbocycles. The van der Waals surface area contributed by atoms with Gasteiger partial charge in [-0.3, -0.25) is 14.9 Å². The number of ether oxygens (including phenoxy) is 3. The summed E-state index contributed by atoms with van der Waals surface area (Å²) in [5.41, 5.74) is -3.39. The average Bonchev–Trinajstić information content (AvgIpc) is 3.57. The number of anilines is 1. The number of benzene rings is 3. The Kier molecular flexibility index (Phi) is 8.68. The first kappa shape index (κ1) is 33.4. The third kappa shape index (κ3) is 5.52. The molecule has 3 aromatic carbocycles. The molecule has 1 N–H and O–H groups in total. The third-order valence-corrected chi connectivity index (χ3v) is 10.2. The van der Waals surface area contributed by atoms with Crippen molar-refractivity contribution < 1.29 is 45.4 Å². The first-order valence-corrected chi connectivity index (χ1v) is 15.9. The number of rotatable bonds is 9. The quantitative estimate of drug-likeness (QED) is 0.327. The summed E-state index contributed by atoms with van der Waals surface area (Å²) in [4.78, 5) is 29.4. The number of para-hydroxylation sites is 1. The number of sulfonamides is 1. The number of likely N-dealkylation sites (N-methyl/N-ethyl adjacent to an activating group) is 1. The Labute approximate surface area is 269 Å². The van der Waals surface area contributed by atoms with Crippen LogP contribution in [0.25, 0.3) is 0 Å². The van der Waals surface area contributed by atoms with E-state index in [9.17, 15) is 26.4 Å². The van der Waals surface area contributed by atoms with E-state index in [1.807, 2.05) is 0 Å². The highest BCUT2D eigenvalue weighted by atomic mass is 35.5. The number of nitrogens with one attached hydrogen (secondary N) is 1. The van der Waals surface area contributed by atoms with Gasteiger partial charge in [0.25, 0.3) is 15.9 Å². The number of methoxy groups -OCH3 is 2. The van der Waals surface area contributed by atoms with Gasteiger partial charge in [0, 0.05) is 36.3 Å². The van der Waals surface area contributed by atoms with Crippen molar-refractivity contribution in [2.24, 2.45) is 0 Å². The van der Waals surface area contributed by atoms with Crippen LogP contribution in [0.5, 0.6) is 17.2 Å². The molecule has 3 aromatic rings. The Morgan fingerprint density at radius 3 is 2.24 bits per heavy atom. The van der Waals surface area contributed by atoms with Crippen molar-refractivity contribution in [1.82, 2.24) is 10.2 Å². The molecule has 5 rings (SSSR count). The van der Waals surface area contributed by atoms with Crippen molar-refractivity contribution in [3.63, 3.8) is 0 Å². The van der Waals surface area contributed by atoms with Crippen molar-refractivity contribution in [2.75, 3.05) is 32.6 Å². The van der Waals surface area contributed by atoms with Crippen molar-refractivity contribution >= 4 is 39.1 Å². The van der Waals surface area contributed by atoms with Crippen LogP contribution in [-0.4, -0.2) is 65.3 Å². The van der Waals surface area contributed by atoms with Gasteiger partial charge in [0.2, 0.25) is 5.91 Å². The van der Waals surface area contributed by atoms with Gasteiger partial charge in [-0.05, 0) is 49.2 Å². The SMILES string of the molecule is COc1ccc(S(=O)(=O)N2C(=O)C(NC3(C(=O)N(C)C)CCCC3)(c3ccccc3OC)c3cc(Cl)ccc32)c(OC(F)(F)F)c1. The fraction of sp³-hybridized carbons (Fsp3) is 0.355. The van der Waals surface area contributed by atoms with Gasteiger partial charge in [0.1, 0.15) is 16.4 Å². The number of hydrogen-bond donors (Lipinski definition) is 1. The van der Waals surface area contributed by atoms with E-state index < -0.39 is 44.0 Å². The van der Waals surface area contributed by atoms with Crippen LogP contribution in [0.1, 0.15) is 36.8 Å². The number of nitrogens with zero attached hydrogens (tertiary/aromatic N) is 2. The maximum Gasteiger partial charge on any atom is 0.573 e. The monoisotopic (exact) mass is 681 g/mol. The summed E-state index contributed by atoms with van der Waals surface area (Å²) in [6, 6.07) is 13.2. The molecule has 2 amide bonds. The number of carbonyl (C=O) groups excluding carboxylic acids is 2. The molecule has 1 atom stereocenters. The van der Waals surface area contributed by atoms with Crippen LogP contribution in [0, 0.1) is 0 Å². The molecule has 0 bridgehead atoms. The highest BCUT2D eigenvalue weighted by Crippen LogP contribution is 2.52. The zero-order valence-electron chi connectivity index (χ0n) is 25.3. The van der Waals surface area contributed by atoms with E-state index in [1.165, 1.54) is 37.3 Å². The van der Waals surface area contributed by atoms with E-state index in [0.717, 1.165) is 18.2 Å². The molecular formula is C31H31ClF3N3O7S. The summed E-state index contributed by atoms with van der Waals surface area (Å²) in [5, 5.41) is 3.45. The summed E-state index contributed by atoms with van der Waals surface area (Å²) in [6.07, 6.45) is -3.37. The fourth-order valence-corrected chi connectivity index (χ4v) is 8.03. The minimum atomic E-state index is -5.28. The summed E-state index contributed by atoms with van der Waals surface area (Å²) in [5.74, 6) is -2.49. The summed E-state index contributed by atoms with van der Waals surface area (Å²) in [7, 11) is 0.555. The number of hydrogen-bond acceptors (Lipinski definition) is 8. The molecule has 15 heteroatoms. The van der Waals surface area contributed by atoms with E-state index >= 15 is 4.79 Å². The van der Waals surface area contributed by atoms with Crippen molar-refractivity contribution in [3.8, 4) is 17.2 Å². The molecule has 1 saturated carbocycles. The Balaban J connectivity index is 1.83. The Morgan fingerprint density at radius 1 is 0.957 bits per heavy atom. The first-order chi connectivity index (χ1) is 21.6. The van der Waals surface area contributed by atoms with E-state index in [4.69, 9.17) is 21.1 Å². The van der Waals surface area contributed by atoms with Crippen molar-refractivity contribution in [2.45, 2.75) is 48.0 Å². The second-order valence-corrected chi connectivity index (χ2v) is 13.4. The van der Waals surface area contributed by atoms with Gasteiger partial charge in [0.05, 0.1) is 25.4 Å². The lowest BCUT2D eigenvalue weighted by Gasteiger charge is -2.41. The molecular weight excluding hydrogens is 651 g/mol. The molecule has 1 fully saturated rings. The number of alkyl halides is 3. The second-order valence-electron chi connectivity index (χ2n) is 11.2. The molecule has 0 saturated heterocycles. The Bertz CT molecular complexity index is 1800. The highest BCUT2D eigenvalue weighted by Gasteiger charge is 2.61. The van der Waals surface area contributed by atoms with Crippen LogP contribution < -0.4 is 23.8 Å². The lowest BCUT2D eigenvalue weighted by Crippen LogP contribution is -2.65. The van der Waals surface area contributed by atoms with Crippen LogP contribution in [0.15, 0.2) is 65.6 Å². The van der Waals surface area contributed by atoms with Gasteiger partial charge in [0.15, 0.2) is 11.3 Å². The lowest BCUT2D eigenvalue weighted by atomic mass is 9.79. The minimum Gasteiger partial charge on any atom is -0.497 e. The van der Waals surface area contributed by atoms with Gasteiger partial charge < -0.3 is 19.1 Å². The normalized spacial score (nSPS) is 19.1. The number of halogens is 4. The van der Waals surface area contributed by atoms with Gasteiger partial charge in [-0.1, -0.05) is 42.6 Å². The van der Waals surface area contributed by atoms with Crippen LogP contribution in [-0.2, 0) is 25.2 Å². The van der Waals surface area contributed by atoms with E-state index in [2.05, 4.69) is 10.1 Å². The minimum absolute atomic E-state index is 0.0581. The van der Waals surface area contributed by atoms with Crippen LogP contribution >= 0.6 is 11.6 Å². The second kappa shape index (κ2) is 12.0. The predicted octanol–water partition coefficient (Wildman–Crippen LogP) is 5.23. The van der Waals surface area contributed by atoms with E-state index in [-0.39, 0.29) is 39.2 Å². The zero-order valence-corrected chi connectivity index (χ0v) is 26.8. The van der Waals surface area contributed by atoms with Gasteiger partial charge in [-0.15, -0.1) is 13.2 Å². The lowest BCUT2D eigenvalue weighted by molar-refractivity contribution is -0.275. The van der Waals surface area contributed by atoms with Crippen LogP contribution in [0.2, 0.25) is 5.02 Å². The van der Waals surface area contributed by atoms with Crippen molar-refractivity contribution in [3.05, 3.63) is 76.8 Å². The standard InChI is InChI=1S/C31H31ClF3N3O7S/c1-37(2)27(39)29(15-7-8-16-29)36-30(21-9-5-6-10-24(21)44-4)22-17-19(32)11-13-23(22)38(28(30)40)46(41,42)26-14-12-20(43-3)18-25(26)45-31(33,34)35/h5-6,9-14,17-18,36H,7-8,15-16H2,1-4H3. The first-order valence-electron chi connectivity index (χ1n) is 14.1. The van der Waals surface area contributed by atoms with Crippen LogP contribution in [0.3, 0.4) is 0 Å². The van der Waals surface area contributed by atoms with E-state index in [1.54, 1.807) is 38.4 Å². The maximum absolute atomic E-state index is 15.1. The predicted molar refractivity (Wildman–Crippen MR) is 163 cm³/mol. The molecule has 246 valence electrons. The molecule has 46 heavy (non-hydrogen) atoms. The number of fused-ring (bicyclic) bond motifs is 1. The maximum atomic E-state index is 15.1. The fourth-order valence-electron chi connectivity index (χ4n) is 6.29. The topological polar surface area (TPSA) is 114 Å². The summed E-state index contributed by atoms with van der Waals surface area (Å²) >= 11 is 6.46. The van der Waals surface area contributed by atoms with Gasteiger partial charge in [-0.2, -0.15) is 0 Å². The summed E-state index contributed by atoms with van der Waals surface area (Å²) < 4.78 is 84.7. The van der Waals surface area contributed by atoms with Gasteiger partial charge >= 0.3 is 6.36 Å². The molecule has 10 nitrogen and oxygen atoms in total. The summed E-state index contributed by atoms with van der Waals surface area (Å²) in [6.45, 7) is 0. The average molecular weight is 682 g/mol. The van der Waals surface area contributed by atoms with E-state index in [0.29, 0.717) is 30.0 Å². The van der Waals surface area contributed by atoms with Crippen LogP contribution in [0.4, 0.5) is 18.9 Å². The highest BCUT2D eigenvalue weighted by molar-refractivity contribution is 7.93. The number of carbonyl (C=O) groups is 2. The molecule has 0 aromatic heterocycles.